The summed E-state index contributed by atoms with van der Waals surface area (Å²) in [4.78, 5) is 23.9. The van der Waals surface area contributed by atoms with E-state index in [1.807, 2.05) is 19.1 Å². The van der Waals surface area contributed by atoms with Crippen LogP contribution in [0.4, 0.5) is 0 Å². The molecule has 2 N–H and O–H groups in total. The highest BCUT2D eigenvalue weighted by atomic mass is 16.6. The summed E-state index contributed by atoms with van der Waals surface area (Å²) in [7, 11) is 0. The van der Waals surface area contributed by atoms with E-state index in [9.17, 15) is 19.8 Å². The molecule has 0 aliphatic rings. The molecule has 0 aromatic rings. The molecular formula is C40H68O6. The van der Waals surface area contributed by atoms with Crippen molar-refractivity contribution in [3.05, 3.63) is 60.8 Å². The maximum atomic E-state index is 11.9. The molecule has 0 spiro atoms. The predicted molar refractivity (Wildman–Crippen MR) is 192 cm³/mol. The second-order valence-electron chi connectivity index (χ2n) is 12.6. The summed E-state index contributed by atoms with van der Waals surface area (Å²) in [6.45, 7) is 6.24. The Kier molecular flexibility index (Phi) is 32.1. The molecule has 0 rings (SSSR count). The van der Waals surface area contributed by atoms with Gasteiger partial charge in [0.05, 0.1) is 6.10 Å². The Balaban J connectivity index is 3.59. The number of hydrogen-bond acceptors (Lipinski definition) is 6. The molecule has 264 valence electrons. The third-order valence-electron chi connectivity index (χ3n) is 7.60. The van der Waals surface area contributed by atoms with Gasteiger partial charge in [0.25, 0.3) is 0 Å². The summed E-state index contributed by atoms with van der Waals surface area (Å²) in [5.41, 5.74) is 0. The van der Waals surface area contributed by atoms with Crippen molar-refractivity contribution in [1.82, 2.24) is 0 Å². The Labute approximate surface area is 282 Å². The first-order valence-corrected chi connectivity index (χ1v) is 18.3. The molecule has 0 amide bonds. The van der Waals surface area contributed by atoms with Crippen LogP contribution in [0.3, 0.4) is 0 Å². The van der Waals surface area contributed by atoms with E-state index < -0.39 is 6.10 Å². The lowest BCUT2D eigenvalue weighted by atomic mass is 10.0. The van der Waals surface area contributed by atoms with E-state index in [1.165, 1.54) is 57.8 Å². The van der Waals surface area contributed by atoms with Crippen LogP contribution in [0.1, 0.15) is 149 Å². The van der Waals surface area contributed by atoms with Crippen LogP contribution in [0, 0.1) is 5.92 Å². The number of aliphatic hydroxyl groups excluding tert-OH is 2. The van der Waals surface area contributed by atoms with Gasteiger partial charge in [0.15, 0.2) is 0 Å². The zero-order valence-electron chi connectivity index (χ0n) is 29.6. The maximum absolute atomic E-state index is 11.9. The van der Waals surface area contributed by atoms with E-state index in [0.717, 1.165) is 57.3 Å². The average Bonchev–Trinajstić information content (AvgIpc) is 3.04. The molecule has 0 saturated carbocycles. The molecular weight excluding hydrogens is 576 g/mol. The lowest BCUT2D eigenvalue weighted by Gasteiger charge is -2.12. The summed E-state index contributed by atoms with van der Waals surface area (Å²) in [6.07, 6.45) is 39.4. The van der Waals surface area contributed by atoms with Gasteiger partial charge in [-0.15, -0.1) is 0 Å². The highest BCUT2D eigenvalue weighted by molar-refractivity contribution is 5.69. The minimum Gasteiger partial charge on any atom is -0.463 e. The normalized spacial score (nSPS) is 13.7. The summed E-state index contributed by atoms with van der Waals surface area (Å²) < 4.78 is 10.3. The number of carbonyl (C=O) groups excluding carboxylic acids is 2. The maximum Gasteiger partial charge on any atom is 0.305 e. The van der Waals surface area contributed by atoms with Crippen molar-refractivity contribution in [3.63, 3.8) is 0 Å². The third kappa shape index (κ3) is 34.4. The lowest BCUT2D eigenvalue weighted by molar-refractivity contribution is -0.152. The first-order chi connectivity index (χ1) is 22.3. The second-order valence-corrected chi connectivity index (χ2v) is 12.6. The average molecular weight is 645 g/mol. The Morgan fingerprint density at radius 3 is 1.57 bits per heavy atom. The molecule has 0 saturated heterocycles. The SMILES string of the molecule is CC[C@H](O)/C=C/C=C\C/C=C\C/C=C\C/C=C\CCCC(=O)OC[C@H](O)COC(=O)CCCCCCCCCCCCCC(C)C. The Morgan fingerprint density at radius 1 is 0.587 bits per heavy atom. The molecule has 0 aromatic heterocycles. The number of unbranched alkanes of at least 4 members (excludes halogenated alkanes) is 11. The summed E-state index contributed by atoms with van der Waals surface area (Å²) in [5, 5.41) is 19.4. The zero-order valence-corrected chi connectivity index (χ0v) is 29.6. The molecule has 0 aliphatic carbocycles. The molecule has 0 fully saturated rings. The smallest absolute Gasteiger partial charge is 0.305 e. The molecule has 0 aromatic carbocycles. The Bertz CT molecular complexity index is 854. The first-order valence-electron chi connectivity index (χ1n) is 18.3. The Hall–Kier alpha value is -2.44. The van der Waals surface area contributed by atoms with Gasteiger partial charge < -0.3 is 19.7 Å². The highest BCUT2D eigenvalue weighted by Crippen LogP contribution is 2.14. The van der Waals surface area contributed by atoms with E-state index in [-0.39, 0.29) is 31.3 Å². The van der Waals surface area contributed by atoms with Crippen LogP contribution in [0.5, 0.6) is 0 Å². The minimum absolute atomic E-state index is 0.144. The molecule has 2 atom stereocenters. The van der Waals surface area contributed by atoms with E-state index in [4.69, 9.17) is 9.47 Å². The molecule has 6 nitrogen and oxygen atoms in total. The van der Waals surface area contributed by atoms with Gasteiger partial charge in [0.2, 0.25) is 0 Å². The number of allylic oxidation sites excluding steroid dienone is 9. The summed E-state index contributed by atoms with van der Waals surface area (Å²) in [6, 6.07) is 0. The van der Waals surface area contributed by atoms with Crippen molar-refractivity contribution >= 4 is 11.9 Å². The van der Waals surface area contributed by atoms with Gasteiger partial charge in [-0.25, -0.2) is 0 Å². The van der Waals surface area contributed by atoms with Gasteiger partial charge >= 0.3 is 11.9 Å². The standard InChI is InChI=1S/C40H68O6/c1-4-37(41)31-27-23-19-15-11-7-5-6-8-12-16-20-24-28-32-39(43)45-34-38(42)35-46-40(44)33-29-25-21-17-13-9-10-14-18-22-26-30-36(2)3/h6-8,11,16,19-20,23,27,31,36-38,41-42H,4-5,9-10,12-15,17-18,21-22,24-26,28-30,32-35H2,1-3H3/b8-6-,11-7-,20-16-,23-19-,31-27+/t37-,38-/m0/s1. The van der Waals surface area contributed by atoms with Crippen LogP contribution in [0.25, 0.3) is 0 Å². The van der Waals surface area contributed by atoms with Crippen LogP contribution < -0.4 is 0 Å². The molecule has 0 heterocycles. The molecule has 0 bridgehead atoms. The fourth-order valence-corrected chi connectivity index (χ4v) is 4.67. The lowest BCUT2D eigenvalue weighted by Crippen LogP contribution is -2.25. The number of rotatable bonds is 31. The van der Waals surface area contributed by atoms with Crippen molar-refractivity contribution in [2.75, 3.05) is 13.2 Å². The van der Waals surface area contributed by atoms with Crippen molar-refractivity contribution in [1.29, 1.82) is 0 Å². The summed E-state index contributed by atoms with van der Waals surface area (Å²) in [5.74, 6) is 0.174. The van der Waals surface area contributed by atoms with Crippen molar-refractivity contribution in [2.24, 2.45) is 5.92 Å². The minimum atomic E-state index is -0.996. The van der Waals surface area contributed by atoms with Gasteiger partial charge in [0.1, 0.15) is 19.3 Å². The molecule has 0 unspecified atom stereocenters. The second kappa shape index (κ2) is 33.9. The van der Waals surface area contributed by atoms with Crippen LogP contribution in [0.15, 0.2) is 60.8 Å². The monoisotopic (exact) mass is 645 g/mol. The largest absolute Gasteiger partial charge is 0.463 e. The first kappa shape index (κ1) is 43.6. The molecule has 0 aliphatic heterocycles. The van der Waals surface area contributed by atoms with E-state index in [1.54, 1.807) is 6.08 Å². The number of aliphatic hydroxyl groups is 2. The zero-order chi connectivity index (χ0) is 33.9. The van der Waals surface area contributed by atoms with Gasteiger partial charge in [-0.2, -0.15) is 0 Å². The van der Waals surface area contributed by atoms with Crippen LogP contribution >= 0.6 is 0 Å². The van der Waals surface area contributed by atoms with Gasteiger partial charge in [0, 0.05) is 12.8 Å². The van der Waals surface area contributed by atoms with Crippen LogP contribution in [-0.4, -0.2) is 47.6 Å². The quantitative estimate of drug-likeness (QED) is 0.0338. The van der Waals surface area contributed by atoms with Gasteiger partial charge in [-0.3, -0.25) is 9.59 Å². The van der Waals surface area contributed by atoms with E-state index in [0.29, 0.717) is 19.3 Å². The van der Waals surface area contributed by atoms with E-state index >= 15 is 0 Å². The van der Waals surface area contributed by atoms with Crippen molar-refractivity contribution in [3.8, 4) is 0 Å². The Morgan fingerprint density at radius 2 is 1.04 bits per heavy atom. The fraction of sp³-hybridized carbons (Fsp3) is 0.700. The van der Waals surface area contributed by atoms with Crippen molar-refractivity contribution < 1.29 is 29.3 Å². The highest BCUT2D eigenvalue weighted by Gasteiger charge is 2.12. The molecule has 46 heavy (non-hydrogen) atoms. The van der Waals surface area contributed by atoms with Crippen LogP contribution in [0.2, 0.25) is 0 Å². The molecule has 0 radical (unpaired) electrons. The third-order valence-corrected chi connectivity index (χ3v) is 7.60. The molecule has 6 heteroatoms. The van der Waals surface area contributed by atoms with Crippen molar-refractivity contribution in [2.45, 2.75) is 161 Å². The fourth-order valence-electron chi connectivity index (χ4n) is 4.67. The number of hydrogen-bond donors (Lipinski definition) is 2. The predicted octanol–water partition coefficient (Wildman–Crippen LogP) is 10.1. The van der Waals surface area contributed by atoms with Gasteiger partial charge in [-0.05, 0) is 50.9 Å². The van der Waals surface area contributed by atoms with Crippen LogP contribution in [-0.2, 0) is 19.1 Å². The number of carbonyl (C=O) groups is 2. The topological polar surface area (TPSA) is 93.1 Å². The summed E-state index contributed by atoms with van der Waals surface area (Å²) >= 11 is 0. The van der Waals surface area contributed by atoms with Gasteiger partial charge in [-0.1, -0.05) is 152 Å². The number of esters is 2. The number of ether oxygens (including phenoxy) is 2. The van der Waals surface area contributed by atoms with E-state index in [2.05, 4.69) is 56.4 Å².